The summed E-state index contributed by atoms with van der Waals surface area (Å²) in [5.41, 5.74) is 4.87. The lowest BCUT2D eigenvalue weighted by Crippen LogP contribution is -2.25. The Balaban J connectivity index is 2.99. The Bertz CT molecular complexity index is 366. The van der Waals surface area contributed by atoms with Crippen LogP contribution in [0, 0.1) is 0 Å². The number of hydrogen-bond acceptors (Lipinski definition) is 2. The number of nitrogens with two attached hydrogens (primary N) is 1. The molecule has 3 N–H and O–H groups in total. The fourth-order valence-electron chi connectivity index (χ4n) is 1.18. The molecule has 0 saturated carbocycles. The van der Waals surface area contributed by atoms with Crippen molar-refractivity contribution in [1.29, 1.82) is 0 Å². The lowest BCUT2D eigenvalue weighted by atomic mass is 10.2. The van der Waals surface area contributed by atoms with E-state index in [-0.39, 0.29) is 11.1 Å². The molecule has 1 aromatic carbocycles. The second kappa shape index (κ2) is 4.93. The third-order valence-corrected chi connectivity index (χ3v) is 2.37. The van der Waals surface area contributed by atoms with Gasteiger partial charge in [-0.1, -0.05) is 11.6 Å². The molecule has 0 radical (unpaired) electrons. The third kappa shape index (κ3) is 3.28. The fourth-order valence-corrected chi connectivity index (χ4v) is 1.40. The van der Waals surface area contributed by atoms with Crippen LogP contribution in [0.1, 0.15) is 12.5 Å². The normalized spacial score (nSPS) is 13.6. The van der Waals surface area contributed by atoms with Crippen LogP contribution < -0.4 is 11.1 Å². The van der Waals surface area contributed by atoms with E-state index in [0.717, 1.165) is 6.07 Å². The van der Waals surface area contributed by atoms with Crippen LogP contribution in [-0.2, 0) is 6.18 Å². The SMILES string of the molecule is CC(CN)Nc1ccc(Cl)c(C(F)(F)F)c1. The first kappa shape index (κ1) is 13.1. The zero-order chi connectivity index (χ0) is 12.3. The van der Waals surface area contributed by atoms with Gasteiger partial charge in [0.2, 0.25) is 0 Å². The largest absolute Gasteiger partial charge is 0.417 e. The van der Waals surface area contributed by atoms with Gasteiger partial charge in [-0.25, -0.2) is 0 Å². The predicted molar refractivity (Wildman–Crippen MR) is 58.6 cm³/mol. The summed E-state index contributed by atoms with van der Waals surface area (Å²) >= 11 is 5.48. The van der Waals surface area contributed by atoms with E-state index in [9.17, 15) is 13.2 Å². The minimum Gasteiger partial charge on any atom is -0.381 e. The zero-order valence-electron chi connectivity index (χ0n) is 8.61. The lowest BCUT2D eigenvalue weighted by Gasteiger charge is -2.15. The van der Waals surface area contributed by atoms with Crippen molar-refractivity contribution in [3.05, 3.63) is 28.8 Å². The fraction of sp³-hybridized carbons (Fsp3) is 0.400. The van der Waals surface area contributed by atoms with Crippen molar-refractivity contribution >= 4 is 17.3 Å². The maximum Gasteiger partial charge on any atom is 0.417 e. The molecule has 16 heavy (non-hydrogen) atoms. The van der Waals surface area contributed by atoms with Crippen molar-refractivity contribution < 1.29 is 13.2 Å². The Morgan fingerprint density at radius 3 is 2.56 bits per heavy atom. The predicted octanol–water partition coefficient (Wildman–Crippen LogP) is 3.12. The van der Waals surface area contributed by atoms with Crippen LogP contribution in [0.4, 0.5) is 18.9 Å². The van der Waals surface area contributed by atoms with Gasteiger partial charge in [0.15, 0.2) is 0 Å². The molecule has 1 aromatic rings. The van der Waals surface area contributed by atoms with E-state index in [4.69, 9.17) is 17.3 Å². The van der Waals surface area contributed by atoms with E-state index < -0.39 is 11.7 Å². The van der Waals surface area contributed by atoms with Crippen LogP contribution in [-0.4, -0.2) is 12.6 Å². The van der Waals surface area contributed by atoms with Gasteiger partial charge in [-0.05, 0) is 25.1 Å². The van der Waals surface area contributed by atoms with E-state index >= 15 is 0 Å². The van der Waals surface area contributed by atoms with E-state index in [1.807, 2.05) is 0 Å². The third-order valence-electron chi connectivity index (χ3n) is 2.04. The van der Waals surface area contributed by atoms with Crippen molar-refractivity contribution in [2.24, 2.45) is 5.73 Å². The topological polar surface area (TPSA) is 38.0 Å². The molecule has 0 fully saturated rings. The standard InChI is InChI=1S/C10H12ClF3N2/c1-6(5-15)16-7-2-3-9(11)8(4-7)10(12,13)14/h2-4,6,16H,5,15H2,1H3. The molecule has 2 nitrogen and oxygen atoms in total. The highest BCUT2D eigenvalue weighted by molar-refractivity contribution is 6.31. The molecule has 6 heteroatoms. The summed E-state index contributed by atoms with van der Waals surface area (Å²) in [6, 6.07) is 3.59. The highest BCUT2D eigenvalue weighted by Crippen LogP contribution is 2.36. The highest BCUT2D eigenvalue weighted by atomic mass is 35.5. The first-order valence-corrected chi connectivity index (χ1v) is 5.05. The molecule has 1 unspecified atom stereocenters. The second-order valence-electron chi connectivity index (χ2n) is 3.47. The van der Waals surface area contributed by atoms with Crippen molar-refractivity contribution in [1.82, 2.24) is 0 Å². The van der Waals surface area contributed by atoms with Gasteiger partial charge < -0.3 is 11.1 Å². The number of hydrogen-bond donors (Lipinski definition) is 2. The Labute approximate surface area is 96.6 Å². The van der Waals surface area contributed by atoms with Crippen molar-refractivity contribution in [2.75, 3.05) is 11.9 Å². The molecular formula is C10H12ClF3N2. The summed E-state index contributed by atoms with van der Waals surface area (Å²) < 4.78 is 37.5. The molecule has 1 rings (SSSR count). The van der Waals surface area contributed by atoms with Gasteiger partial charge in [-0.15, -0.1) is 0 Å². The molecule has 1 atom stereocenters. The van der Waals surface area contributed by atoms with Crippen molar-refractivity contribution in [3.8, 4) is 0 Å². The number of rotatable bonds is 3. The van der Waals surface area contributed by atoms with Crippen LogP contribution in [0.15, 0.2) is 18.2 Å². The van der Waals surface area contributed by atoms with Crippen molar-refractivity contribution in [2.45, 2.75) is 19.1 Å². The highest BCUT2D eigenvalue weighted by Gasteiger charge is 2.33. The van der Waals surface area contributed by atoms with E-state index in [0.29, 0.717) is 12.2 Å². The number of halogens is 4. The first-order chi connectivity index (χ1) is 7.34. The summed E-state index contributed by atoms with van der Waals surface area (Å²) in [5, 5.41) is 2.54. The molecule has 0 saturated heterocycles. The summed E-state index contributed by atoms with van der Waals surface area (Å²) in [6.07, 6.45) is -4.44. The van der Waals surface area contributed by atoms with Gasteiger partial charge in [-0.3, -0.25) is 0 Å². The maximum absolute atomic E-state index is 12.5. The van der Waals surface area contributed by atoms with Gasteiger partial charge in [0.05, 0.1) is 10.6 Å². The van der Waals surface area contributed by atoms with Gasteiger partial charge in [-0.2, -0.15) is 13.2 Å². The van der Waals surface area contributed by atoms with Crippen LogP contribution in [0.5, 0.6) is 0 Å². The molecule has 0 bridgehead atoms. The van der Waals surface area contributed by atoms with Crippen LogP contribution in [0.2, 0.25) is 5.02 Å². The van der Waals surface area contributed by atoms with Crippen molar-refractivity contribution in [3.63, 3.8) is 0 Å². The summed E-state index contributed by atoms with van der Waals surface area (Å²) in [4.78, 5) is 0. The Kier molecular flexibility index (Phi) is 4.04. The Morgan fingerprint density at radius 2 is 2.06 bits per heavy atom. The van der Waals surface area contributed by atoms with Crippen LogP contribution in [0.3, 0.4) is 0 Å². The van der Waals surface area contributed by atoms with E-state index in [1.165, 1.54) is 12.1 Å². The van der Waals surface area contributed by atoms with Crippen LogP contribution in [0.25, 0.3) is 0 Å². The zero-order valence-corrected chi connectivity index (χ0v) is 9.36. The lowest BCUT2D eigenvalue weighted by molar-refractivity contribution is -0.137. The Hall–Kier alpha value is -0.940. The number of alkyl halides is 3. The van der Waals surface area contributed by atoms with Crippen LogP contribution >= 0.6 is 11.6 Å². The molecule has 0 spiro atoms. The van der Waals surface area contributed by atoms with Gasteiger partial charge in [0.25, 0.3) is 0 Å². The molecule has 0 aliphatic carbocycles. The second-order valence-corrected chi connectivity index (χ2v) is 3.88. The maximum atomic E-state index is 12.5. The minimum absolute atomic E-state index is 0.0951. The molecular weight excluding hydrogens is 241 g/mol. The molecule has 0 aromatic heterocycles. The molecule has 0 aliphatic heterocycles. The summed E-state index contributed by atoms with van der Waals surface area (Å²) in [7, 11) is 0. The molecule has 0 heterocycles. The minimum atomic E-state index is -4.44. The molecule has 0 amide bonds. The van der Waals surface area contributed by atoms with Gasteiger partial charge >= 0.3 is 6.18 Å². The van der Waals surface area contributed by atoms with Gasteiger partial charge in [0.1, 0.15) is 0 Å². The average molecular weight is 253 g/mol. The molecule has 90 valence electrons. The smallest absolute Gasteiger partial charge is 0.381 e. The first-order valence-electron chi connectivity index (χ1n) is 4.68. The molecule has 0 aliphatic rings. The summed E-state index contributed by atoms with van der Waals surface area (Å²) in [5.74, 6) is 0. The van der Waals surface area contributed by atoms with Gasteiger partial charge in [0, 0.05) is 18.3 Å². The summed E-state index contributed by atoms with van der Waals surface area (Å²) in [6.45, 7) is 2.12. The monoisotopic (exact) mass is 252 g/mol. The quantitative estimate of drug-likeness (QED) is 0.867. The van der Waals surface area contributed by atoms with E-state index in [1.54, 1.807) is 6.92 Å². The number of benzene rings is 1. The van der Waals surface area contributed by atoms with E-state index in [2.05, 4.69) is 5.32 Å². The number of nitrogens with one attached hydrogen (secondary N) is 1. The number of anilines is 1. The Morgan fingerprint density at radius 1 is 1.44 bits per heavy atom. The average Bonchev–Trinajstić information content (AvgIpc) is 2.19.